The predicted molar refractivity (Wildman–Crippen MR) is 62.9 cm³/mol. The molecule has 0 saturated heterocycles. The molecule has 0 spiro atoms. The topological polar surface area (TPSA) is 52.6 Å². The van der Waals surface area contributed by atoms with Crippen LogP contribution in [0.3, 0.4) is 0 Å². The van der Waals surface area contributed by atoms with E-state index in [0.29, 0.717) is 6.92 Å². The summed E-state index contributed by atoms with van der Waals surface area (Å²) in [7, 11) is 0. The van der Waals surface area contributed by atoms with Gasteiger partial charge in [-0.15, -0.1) is 0 Å². The molecule has 0 aromatic heterocycles. The van der Waals surface area contributed by atoms with E-state index in [1.807, 2.05) is 0 Å². The smallest absolute Gasteiger partial charge is 0.425 e. The molecule has 0 radical (unpaired) electrons. The Kier molecular flexibility index (Phi) is 5.69. The predicted octanol–water partition coefficient (Wildman–Crippen LogP) is 3.01. The number of hydrogen-bond acceptors (Lipinski definition) is 4. The maximum absolute atomic E-state index is 13.2. The summed E-state index contributed by atoms with van der Waals surface area (Å²) in [6.45, 7) is 0.676. The van der Waals surface area contributed by atoms with Crippen molar-refractivity contribution < 1.29 is 36.6 Å². The number of benzene rings is 1. The van der Waals surface area contributed by atoms with Gasteiger partial charge in [0.05, 0.1) is 12.8 Å². The molecule has 1 atom stereocenters. The first-order valence-corrected chi connectivity index (χ1v) is 5.91. The van der Waals surface area contributed by atoms with Gasteiger partial charge in [0.15, 0.2) is 17.7 Å². The number of alkyl halides is 3. The van der Waals surface area contributed by atoms with Gasteiger partial charge in [0.2, 0.25) is 0 Å². The summed E-state index contributed by atoms with van der Waals surface area (Å²) in [6.07, 6.45) is -8.03. The molecule has 1 aromatic rings. The lowest BCUT2D eigenvalue weighted by molar-refractivity contribution is -0.216. The van der Waals surface area contributed by atoms with Crippen LogP contribution in [0.15, 0.2) is 24.3 Å². The highest BCUT2D eigenvalue weighted by atomic mass is 19.4. The molecule has 4 nitrogen and oxygen atoms in total. The zero-order valence-corrected chi connectivity index (χ0v) is 10.9. The van der Waals surface area contributed by atoms with E-state index < -0.39 is 42.9 Å². The van der Waals surface area contributed by atoms with Gasteiger partial charge in [-0.05, 0) is 19.1 Å². The number of carbonyl (C=O) groups is 2. The average molecular weight is 308 g/mol. The summed E-state index contributed by atoms with van der Waals surface area (Å²) >= 11 is 0. The molecule has 0 amide bonds. The molecular weight excluding hydrogens is 296 g/mol. The van der Waals surface area contributed by atoms with Gasteiger partial charge < -0.3 is 9.47 Å². The number of carbonyl (C=O) groups excluding carboxylic acids is 2. The average Bonchev–Trinajstić information content (AvgIpc) is 2.38. The molecule has 0 aliphatic heterocycles. The van der Waals surface area contributed by atoms with Gasteiger partial charge in [0, 0.05) is 0 Å². The Hall–Kier alpha value is -2.12. The lowest BCUT2D eigenvalue weighted by Crippen LogP contribution is -2.31. The molecule has 21 heavy (non-hydrogen) atoms. The van der Waals surface area contributed by atoms with Gasteiger partial charge >= 0.3 is 18.1 Å². The quantitative estimate of drug-likeness (QED) is 0.477. The molecule has 0 bridgehead atoms. The van der Waals surface area contributed by atoms with Crippen LogP contribution in [0, 0.1) is 5.82 Å². The maximum atomic E-state index is 13.2. The van der Waals surface area contributed by atoms with Crippen LogP contribution in [0.2, 0.25) is 0 Å². The van der Waals surface area contributed by atoms with E-state index in [0.717, 1.165) is 6.07 Å². The van der Waals surface area contributed by atoms with Crippen molar-refractivity contribution in [3.8, 4) is 5.75 Å². The lowest BCUT2D eigenvalue weighted by Gasteiger charge is -2.16. The molecule has 0 aliphatic rings. The van der Waals surface area contributed by atoms with Gasteiger partial charge in [-0.2, -0.15) is 13.2 Å². The number of hydrogen-bond donors (Lipinski definition) is 0. The summed E-state index contributed by atoms with van der Waals surface area (Å²) in [5.74, 6) is -3.22. The largest absolute Gasteiger partial charge is 0.453 e. The zero-order valence-electron chi connectivity index (χ0n) is 10.9. The summed E-state index contributed by atoms with van der Waals surface area (Å²) in [5, 5.41) is 0. The van der Waals surface area contributed by atoms with Crippen LogP contribution in [0.1, 0.15) is 19.8 Å². The van der Waals surface area contributed by atoms with Gasteiger partial charge in [0.1, 0.15) is 0 Å². The summed E-state index contributed by atoms with van der Waals surface area (Å²) < 4.78 is 58.3. The van der Waals surface area contributed by atoms with Gasteiger partial charge in [0.25, 0.3) is 0 Å². The van der Waals surface area contributed by atoms with Gasteiger partial charge in [-0.25, -0.2) is 4.39 Å². The van der Waals surface area contributed by atoms with Crippen LogP contribution in [-0.4, -0.2) is 24.2 Å². The second kappa shape index (κ2) is 7.05. The van der Waals surface area contributed by atoms with Crippen LogP contribution in [-0.2, 0) is 14.3 Å². The highest BCUT2D eigenvalue weighted by Gasteiger charge is 2.39. The van der Waals surface area contributed by atoms with Crippen molar-refractivity contribution >= 4 is 11.9 Å². The lowest BCUT2D eigenvalue weighted by atomic mass is 10.3. The van der Waals surface area contributed by atoms with Gasteiger partial charge in [-0.1, -0.05) is 12.1 Å². The minimum atomic E-state index is -4.66. The van der Waals surface area contributed by atoms with E-state index >= 15 is 0 Å². The molecule has 0 fully saturated rings. The second-order valence-electron chi connectivity index (χ2n) is 4.08. The molecule has 0 N–H and O–H groups in total. The van der Waals surface area contributed by atoms with Crippen LogP contribution < -0.4 is 4.74 Å². The normalized spacial score (nSPS) is 12.6. The van der Waals surface area contributed by atoms with E-state index in [1.165, 1.54) is 18.2 Å². The first kappa shape index (κ1) is 16.9. The second-order valence-corrected chi connectivity index (χ2v) is 4.08. The molecule has 1 unspecified atom stereocenters. The molecule has 1 rings (SSSR count). The Morgan fingerprint density at radius 1 is 1.14 bits per heavy atom. The van der Waals surface area contributed by atoms with Crippen molar-refractivity contribution in [1.82, 2.24) is 0 Å². The molecule has 0 heterocycles. The molecule has 0 saturated carbocycles. The monoisotopic (exact) mass is 308 g/mol. The minimum absolute atomic E-state index is 0.320. The first-order valence-electron chi connectivity index (χ1n) is 5.91. The summed E-state index contributed by atoms with van der Waals surface area (Å²) in [6, 6.07) is 5.10. The van der Waals surface area contributed by atoms with Crippen molar-refractivity contribution in [1.29, 1.82) is 0 Å². The Bertz CT molecular complexity index is 513. The Balaban J connectivity index is 2.40. The Morgan fingerprint density at radius 3 is 2.29 bits per heavy atom. The number of para-hydroxylation sites is 1. The van der Waals surface area contributed by atoms with Crippen molar-refractivity contribution in [2.24, 2.45) is 0 Å². The highest BCUT2D eigenvalue weighted by Crippen LogP contribution is 2.23. The standard InChI is InChI=1S/C13H12F4O4/c1-8(13(15,16)17)20-11(18)6-7-12(19)21-10-5-3-2-4-9(10)14/h2-5,8H,6-7H2,1H3. The Labute approximate surface area is 117 Å². The third-order valence-electron chi connectivity index (χ3n) is 2.36. The number of esters is 2. The fourth-order valence-electron chi connectivity index (χ4n) is 1.23. The maximum Gasteiger partial charge on any atom is 0.425 e. The molecule has 0 aliphatic carbocycles. The van der Waals surface area contributed by atoms with Crippen LogP contribution >= 0.6 is 0 Å². The van der Waals surface area contributed by atoms with Crippen molar-refractivity contribution in [2.45, 2.75) is 32.0 Å². The fraction of sp³-hybridized carbons (Fsp3) is 0.385. The van der Waals surface area contributed by atoms with Crippen molar-refractivity contribution in [3.63, 3.8) is 0 Å². The van der Waals surface area contributed by atoms with Crippen LogP contribution in [0.5, 0.6) is 5.75 Å². The third-order valence-corrected chi connectivity index (χ3v) is 2.36. The minimum Gasteiger partial charge on any atom is -0.453 e. The molecule has 8 heteroatoms. The van der Waals surface area contributed by atoms with Crippen LogP contribution in [0.25, 0.3) is 0 Å². The summed E-state index contributed by atoms with van der Waals surface area (Å²) in [4.78, 5) is 22.5. The van der Waals surface area contributed by atoms with E-state index in [2.05, 4.69) is 9.47 Å². The van der Waals surface area contributed by atoms with E-state index in [9.17, 15) is 27.2 Å². The van der Waals surface area contributed by atoms with Crippen molar-refractivity contribution in [3.05, 3.63) is 30.1 Å². The summed E-state index contributed by atoms with van der Waals surface area (Å²) in [5.41, 5.74) is 0. The van der Waals surface area contributed by atoms with E-state index in [1.54, 1.807) is 0 Å². The first-order chi connectivity index (χ1) is 9.70. The molecule has 1 aromatic carbocycles. The fourth-order valence-corrected chi connectivity index (χ4v) is 1.23. The number of ether oxygens (including phenoxy) is 2. The Morgan fingerprint density at radius 2 is 1.71 bits per heavy atom. The molecular formula is C13H12F4O4. The zero-order chi connectivity index (χ0) is 16.0. The number of rotatable bonds is 5. The van der Waals surface area contributed by atoms with E-state index in [4.69, 9.17) is 0 Å². The SMILES string of the molecule is CC(OC(=O)CCC(=O)Oc1ccccc1F)C(F)(F)F. The van der Waals surface area contributed by atoms with Gasteiger partial charge in [-0.3, -0.25) is 9.59 Å². The van der Waals surface area contributed by atoms with Crippen molar-refractivity contribution in [2.75, 3.05) is 0 Å². The van der Waals surface area contributed by atoms with Crippen LogP contribution in [0.4, 0.5) is 17.6 Å². The number of halogens is 4. The third kappa shape index (κ3) is 5.80. The highest BCUT2D eigenvalue weighted by molar-refractivity contribution is 5.79. The van der Waals surface area contributed by atoms with E-state index in [-0.39, 0.29) is 5.75 Å². The molecule has 116 valence electrons.